The summed E-state index contributed by atoms with van der Waals surface area (Å²) in [7, 11) is -2.06. The lowest BCUT2D eigenvalue weighted by Crippen LogP contribution is -2.32. The molecule has 0 saturated heterocycles. The molecule has 1 rings (SSSR count). The van der Waals surface area contributed by atoms with Crippen molar-refractivity contribution < 1.29 is 17.9 Å². The minimum absolute atomic E-state index is 0.0720. The van der Waals surface area contributed by atoms with E-state index < -0.39 is 10.0 Å². The number of nitrogens with zero attached hydrogens (tertiary/aromatic N) is 1. The highest BCUT2D eigenvalue weighted by Crippen LogP contribution is 2.12. The van der Waals surface area contributed by atoms with Crippen LogP contribution in [0.25, 0.3) is 0 Å². The summed E-state index contributed by atoms with van der Waals surface area (Å²) in [6, 6.07) is 6.02. The van der Waals surface area contributed by atoms with E-state index in [1.807, 2.05) is 6.92 Å². The summed E-state index contributed by atoms with van der Waals surface area (Å²) in [5, 5.41) is 0. The summed E-state index contributed by atoms with van der Waals surface area (Å²) in [5.74, 6) is -0.0720. The molecule has 6 nitrogen and oxygen atoms in total. The largest absolute Gasteiger partial charge is 0.383 e. The van der Waals surface area contributed by atoms with Crippen molar-refractivity contribution in [2.45, 2.75) is 31.6 Å². The Labute approximate surface area is 138 Å². The Morgan fingerprint density at radius 3 is 2.39 bits per heavy atom. The second-order valence-electron chi connectivity index (χ2n) is 5.15. The van der Waals surface area contributed by atoms with Crippen LogP contribution in [0.15, 0.2) is 29.2 Å². The molecule has 0 saturated carbocycles. The summed E-state index contributed by atoms with van der Waals surface area (Å²) in [5.41, 5.74) is 0.499. The van der Waals surface area contributed by atoms with Gasteiger partial charge in [-0.3, -0.25) is 4.79 Å². The third-order valence-corrected chi connectivity index (χ3v) is 4.94. The molecule has 130 valence electrons. The van der Waals surface area contributed by atoms with Crippen LogP contribution in [0, 0.1) is 0 Å². The zero-order valence-corrected chi connectivity index (χ0v) is 14.9. The van der Waals surface area contributed by atoms with Crippen LogP contribution in [0.1, 0.15) is 37.0 Å². The van der Waals surface area contributed by atoms with E-state index in [1.54, 1.807) is 17.0 Å². The van der Waals surface area contributed by atoms with Gasteiger partial charge in [0.2, 0.25) is 10.0 Å². The first-order chi connectivity index (χ1) is 11.0. The molecule has 0 bridgehead atoms. The molecule has 0 radical (unpaired) electrons. The molecular weight excluding hydrogens is 316 g/mol. The third-order valence-electron chi connectivity index (χ3n) is 3.46. The Morgan fingerprint density at radius 2 is 1.87 bits per heavy atom. The maximum absolute atomic E-state index is 12.4. The van der Waals surface area contributed by atoms with E-state index in [-0.39, 0.29) is 17.3 Å². The minimum atomic E-state index is -3.57. The molecule has 0 aliphatic rings. The summed E-state index contributed by atoms with van der Waals surface area (Å²) in [4.78, 5) is 14.3. The van der Waals surface area contributed by atoms with Crippen LogP contribution in [0.5, 0.6) is 0 Å². The third kappa shape index (κ3) is 5.93. The number of hydrogen-bond donors (Lipinski definition) is 1. The quantitative estimate of drug-likeness (QED) is 0.659. The predicted octanol–water partition coefficient (Wildman–Crippen LogP) is 1.87. The maximum Gasteiger partial charge on any atom is 0.253 e. The standard InChI is InChI=1S/C16H26N2O4S/c1-4-6-12-18(5-2)16(19)14-7-9-15(10-8-14)23(20,21)17-11-13-22-3/h7-10,17H,4-6,11-13H2,1-3H3. The normalized spacial score (nSPS) is 11.4. The van der Waals surface area contributed by atoms with Crippen LogP contribution in [-0.2, 0) is 14.8 Å². The molecule has 23 heavy (non-hydrogen) atoms. The van der Waals surface area contributed by atoms with Crippen molar-refractivity contribution in [3.63, 3.8) is 0 Å². The molecule has 1 aromatic rings. The Balaban J connectivity index is 2.80. The highest BCUT2D eigenvalue weighted by Gasteiger charge is 2.17. The van der Waals surface area contributed by atoms with Gasteiger partial charge in [-0.05, 0) is 37.6 Å². The first kappa shape index (κ1) is 19.6. The number of hydrogen-bond acceptors (Lipinski definition) is 4. The second-order valence-corrected chi connectivity index (χ2v) is 6.92. The number of benzene rings is 1. The highest BCUT2D eigenvalue weighted by molar-refractivity contribution is 7.89. The van der Waals surface area contributed by atoms with Gasteiger partial charge in [-0.1, -0.05) is 13.3 Å². The molecule has 1 aromatic carbocycles. The fraction of sp³-hybridized carbons (Fsp3) is 0.562. The van der Waals surface area contributed by atoms with Crippen molar-refractivity contribution in [2.24, 2.45) is 0 Å². The number of sulfonamides is 1. The predicted molar refractivity (Wildman–Crippen MR) is 90.0 cm³/mol. The number of carbonyl (C=O) groups is 1. The van der Waals surface area contributed by atoms with Gasteiger partial charge in [0.05, 0.1) is 11.5 Å². The van der Waals surface area contributed by atoms with Crippen molar-refractivity contribution in [3.8, 4) is 0 Å². The number of nitrogens with one attached hydrogen (secondary N) is 1. The van der Waals surface area contributed by atoms with Gasteiger partial charge in [0.1, 0.15) is 0 Å². The average Bonchev–Trinajstić information content (AvgIpc) is 2.55. The average molecular weight is 342 g/mol. The molecule has 0 atom stereocenters. The van der Waals surface area contributed by atoms with E-state index in [2.05, 4.69) is 11.6 Å². The van der Waals surface area contributed by atoms with Gasteiger partial charge in [-0.2, -0.15) is 0 Å². The molecule has 0 fully saturated rings. The lowest BCUT2D eigenvalue weighted by Gasteiger charge is -2.20. The van der Waals surface area contributed by atoms with E-state index in [9.17, 15) is 13.2 Å². The summed E-state index contributed by atoms with van der Waals surface area (Å²) < 4.78 is 31.4. The fourth-order valence-corrected chi connectivity index (χ4v) is 3.09. The van der Waals surface area contributed by atoms with Crippen LogP contribution < -0.4 is 4.72 Å². The van der Waals surface area contributed by atoms with E-state index in [0.29, 0.717) is 25.3 Å². The van der Waals surface area contributed by atoms with Gasteiger partial charge in [0.25, 0.3) is 5.91 Å². The van der Waals surface area contributed by atoms with Crippen LogP contribution >= 0.6 is 0 Å². The van der Waals surface area contributed by atoms with Crippen molar-refractivity contribution in [1.29, 1.82) is 0 Å². The first-order valence-corrected chi connectivity index (χ1v) is 9.32. The lowest BCUT2D eigenvalue weighted by molar-refractivity contribution is 0.0762. The van der Waals surface area contributed by atoms with E-state index >= 15 is 0 Å². The Kier molecular flexibility index (Phi) is 8.22. The molecule has 0 aromatic heterocycles. The van der Waals surface area contributed by atoms with Crippen LogP contribution in [0.2, 0.25) is 0 Å². The number of ether oxygens (including phenoxy) is 1. The van der Waals surface area contributed by atoms with Crippen LogP contribution in [0.3, 0.4) is 0 Å². The molecule has 1 amide bonds. The van der Waals surface area contributed by atoms with E-state index in [0.717, 1.165) is 12.8 Å². The highest BCUT2D eigenvalue weighted by atomic mass is 32.2. The summed E-state index contributed by atoms with van der Waals surface area (Å²) in [6.45, 7) is 5.88. The van der Waals surface area contributed by atoms with Gasteiger partial charge in [0, 0.05) is 32.3 Å². The van der Waals surface area contributed by atoms with E-state index in [4.69, 9.17) is 4.74 Å². The zero-order chi connectivity index (χ0) is 17.3. The maximum atomic E-state index is 12.4. The number of methoxy groups -OCH3 is 1. The van der Waals surface area contributed by atoms with Crippen molar-refractivity contribution in [1.82, 2.24) is 9.62 Å². The minimum Gasteiger partial charge on any atom is -0.383 e. The molecule has 0 aliphatic heterocycles. The molecule has 0 spiro atoms. The first-order valence-electron chi connectivity index (χ1n) is 7.84. The molecule has 0 aliphatic carbocycles. The topological polar surface area (TPSA) is 75.7 Å². The van der Waals surface area contributed by atoms with Crippen molar-refractivity contribution in [2.75, 3.05) is 33.4 Å². The number of rotatable bonds is 10. The summed E-state index contributed by atoms with van der Waals surface area (Å²) in [6.07, 6.45) is 1.98. The monoisotopic (exact) mass is 342 g/mol. The SMILES string of the molecule is CCCCN(CC)C(=O)c1ccc(S(=O)(=O)NCCOC)cc1. The van der Waals surface area contributed by atoms with Crippen molar-refractivity contribution >= 4 is 15.9 Å². The van der Waals surface area contributed by atoms with Gasteiger partial charge in [-0.25, -0.2) is 13.1 Å². The van der Waals surface area contributed by atoms with Crippen LogP contribution in [0.4, 0.5) is 0 Å². The Hall–Kier alpha value is -1.44. The smallest absolute Gasteiger partial charge is 0.253 e. The number of amides is 1. The summed E-state index contributed by atoms with van der Waals surface area (Å²) >= 11 is 0. The van der Waals surface area contributed by atoms with Crippen molar-refractivity contribution in [3.05, 3.63) is 29.8 Å². The van der Waals surface area contributed by atoms with Gasteiger partial charge in [0.15, 0.2) is 0 Å². The Bertz CT molecular complexity index is 585. The van der Waals surface area contributed by atoms with Gasteiger partial charge in [-0.15, -0.1) is 0 Å². The second kappa shape index (κ2) is 9.64. The lowest BCUT2D eigenvalue weighted by atomic mass is 10.2. The molecule has 7 heteroatoms. The fourth-order valence-electron chi connectivity index (χ4n) is 2.07. The Morgan fingerprint density at radius 1 is 1.22 bits per heavy atom. The number of unbranched alkanes of at least 4 members (excludes halogenated alkanes) is 1. The molecule has 1 N–H and O–H groups in total. The van der Waals surface area contributed by atoms with Gasteiger partial charge >= 0.3 is 0 Å². The van der Waals surface area contributed by atoms with Gasteiger partial charge < -0.3 is 9.64 Å². The molecular formula is C16H26N2O4S. The number of carbonyl (C=O) groups excluding carboxylic acids is 1. The van der Waals surface area contributed by atoms with E-state index in [1.165, 1.54) is 19.2 Å². The molecule has 0 unspecified atom stereocenters. The van der Waals surface area contributed by atoms with Crippen LogP contribution in [-0.4, -0.2) is 52.6 Å². The zero-order valence-electron chi connectivity index (χ0n) is 14.0. The molecule has 0 heterocycles.